The number of aldehydes is 1. The summed E-state index contributed by atoms with van der Waals surface area (Å²) in [5, 5.41) is 5.36. The first-order chi connectivity index (χ1) is 11.1. The van der Waals surface area contributed by atoms with Gasteiger partial charge in [-0.1, -0.05) is 0 Å². The number of rotatable bonds is 5. The molecule has 0 saturated carbocycles. The average Bonchev–Trinajstić information content (AvgIpc) is 2.50. The van der Waals surface area contributed by atoms with E-state index >= 15 is 0 Å². The van der Waals surface area contributed by atoms with Crippen LogP contribution in [0.5, 0.6) is 0 Å². The summed E-state index contributed by atoms with van der Waals surface area (Å²) in [4.78, 5) is 36.5. The second-order valence-corrected chi connectivity index (χ2v) is 6.04. The minimum Gasteiger partial charge on any atom is -0.373 e. The van der Waals surface area contributed by atoms with Gasteiger partial charge in [0.25, 0.3) is 0 Å². The lowest BCUT2D eigenvalue weighted by Crippen LogP contribution is -2.50. The van der Waals surface area contributed by atoms with Gasteiger partial charge in [-0.05, 0) is 31.2 Å². The zero-order valence-corrected chi connectivity index (χ0v) is 12.7. The first-order valence-corrected chi connectivity index (χ1v) is 7.75. The molecular formula is C16H20N4O3. The zero-order chi connectivity index (χ0) is 16.4. The molecule has 0 radical (unpaired) electrons. The Hall–Kier alpha value is -2.41. The van der Waals surface area contributed by atoms with Gasteiger partial charge in [0, 0.05) is 42.4 Å². The lowest BCUT2D eigenvalue weighted by molar-refractivity contribution is -0.133. The van der Waals surface area contributed by atoms with Gasteiger partial charge >= 0.3 is 0 Å². The van der Waals surface area contributed by atoms with Gasteiger partial charge < -0.3 is 16.0 Å². The van der Waals surface area contributed by atoms with Crippen LogP contribution in [-0.2, 0) is 9.59 Å². The normalized spacial score (nSPS) is 21.6. The standard InChI is InChI=1S/C16H20N4O3/c17-6-10-7-20(8-10)12-1-2-13(11(5-12)9-21)18-14-3-4-15(22)19-16(14)23/h1-2,5,9-10,14,18H,3-4,6-8,17H2,(H,19,22,23). The van der Waals surface area contributed by atoms with Crippen LogP contribution in [0, 0.1) is 5.92 Å². The number of anilines is 2. The van der Waals surface area contributed by atoms with Crippen LogP contribution in [0.25, 0.3) is 0 Å². The Kier molecular flexibility index (Phi) is 4.29. The first kappa shape index (κ1) is 15.5. The maximum absolute atomic E-state index is 11.8. The van der Waals surface area contributed by atoms with Crippen LogP contribution in [0.1, 0.15) is 23.2 Å². The molecule has 7 heteroatoms. The highest BCUT2D eigenvalue weighted by Crippen LogP contribution is 2.28. The minimum atomic E-state index is -0.497. The van der Waals surface area contributed by atoms with Crippen molar-refractivity contribution < 1.29 is 14.4 Å². The summed E-state index contributed by atoms with van der Waals surface area (Å²) in [7, 11) is 0. The van der Waals surface area contributed by atoms with E-state index in [1.165, 1.54) is 0 Å². The zero-order valence-electron chi connectivity index (χ0n) is 12.7. The molecule has 2 saturated heterocycles. The molecule has 7 nitrogen and oxygen atoms in total. The predicted octanol–water partition coefficient (Wildman–Crippen LogP) is 0.111. The van der Waals surface area contributed by atoms with Crippen LogP contribution in [0.15, 0.2) is 18.2 Å². The maximum atomic E-state index is 11.8. The van der Waals surface area contributed by atoms with Crippen LogP contribution in [0.2, 0.25) is 0 Å². The number of hydrogen-bond acceptors (Lipinski definition) is 6. The largest absolute Gasteiger partial charge is 0.373 e. The quantitative estimate of drug-likeness (QED) is 0.526. The van der Waals surface area contributed by atoms with Gasteiger partial charge in [0.05, 0.1) is 0 Å². The second-order valence-electron chi connectivity index (χ2n) is 6.04. The highest BCUT2D eigenvalue weighted by Gasteiger charge is 2.28. The second kappa shape index (κ2) is 6.37. The summed E-state index contributed by atoms with van der Waals surface area (Å²) < 4.78 is 0. The van der Waals surface area contributed by atoms with Gasteiger partial charge in [0.15, 0.2) is 6.29 Å². The third kappa shape index (κ3) is 3.19. The van der Waals surface area contributed by atoms with Gasteiger partial charge in [-0.3, -0.25) is 19.7 Å². The number of benzene rings is 1. The molecule has 0 aromatic heterocycles. The van der Waals surface area contributed by atoms with Gasteiger partial charge in [0.2, 0.25) is 11.8 Å². The number of carbonyl (C=O) groups excluding carboxylic acids is 3. The number of imide groups is 1. The van der Waals surface area contributed by atoms with E-state index in [4.69, 9.17) is 5.73 Å². The van der Waals surface area contributed by atoms with Crippen LogP contribution in [0.4, 0.5) is 11.4 Å². The summed E-state index contributed by atoms with van der Waals surface area (Å²) in [6.45, 7) is 2.47. The summed E-state index contributed by atoms with van der Waals surface area (Å²) >= 11 is 0. The van der Waals surface area contributed by atoms with Gasteiger partial charge in [-0.2, -0.15) is 0 Å². The van der Waals surface area contributed by atoms with Crippen molar-refractivity contribution in [2.24, 2.45) is 11.7 Å². The summed E-state index contributed by atoms with van der Waals surface area (Å²) in [5.74, 6) is -0.0992. The van der Waals surface area contributed by atoms with Crippen molar-refractivity contribution in [1.82, 2.24) is 5.32 Å². The number of amides is 2. The fourth-order valence-electron chi connectivity index (χ4n) is 2.92. The summed E-state index contributed by atoms with van der Waals surface area (Å²) in [6.07, 6.45) is 1.50. The smallest absolute Gasteiger partial charge is 0.249 e. The Morgan fingerprint density at radius 3 is 2.78 bits per heavy atom. The van der Waals surface area contributed by atoms with Crippen molar-refractivity contribution in [2.45, 2.75) is 18.9 Å². The molecule has 3 rings (SSSR count). The highest BCUT2D eigenvalue weighted by atomic mass is 16.2. The van der Waals surface area contributed by atoms with Crippen LogP contribution >= 0.6 is 0 Å². The summed E-state index contributed by atoms with van der Waals surface area (Å²) in [5.41, 5.74) is 7.71. The monoisotopic (exact) mass is 316 g/mol. The van der Waals surface area contributed by atoms with Crippen LogP contribution in [0.3, 0.4) is 0 Å². The van der Waals surface area contributed by atoms with E-state index in [1.807, 2.05) is 12.1 Å². The molecule has 0 bridgehead atoms. The molecule has 122 valence electrons. The Morgan fingerprint density at radius 2 is 2.13 bits per heavy atom. The summed E-state index contributed by atoms with van der Waals surface area (Å²) in [6, 6.07) is 5.04. The topological polar surface area (TPSA) is 105 Å². The van der Waals surface area contributed by atoms with E-state index < -0.39 is 6.04 Å². The molecule has 1 unspecified atom stereocenters. The molecule has 4 N–H and O–H groups in total. The Balaban J connectivity index is 1.71. The van der Waals surface area contributed by atoms with Gasteiger partial charge in [0.1, 0.15) is 6.04 Å². The van der Waals surface area contributed by atoms with Gasteiger partial charge in [-0.25, -0.2) is 0 Å². The number of nitrogens with two attached hydrogens (primary N) is 1. The molecule has 1 aromatic rings. The third-order valence-electron chi connectivity index (χ3n) is 4.39. The Morgan fingerprint density at radius 1 is 1.35 bits per heavy atom. The number of hydrogen-bond donors (Lipinski definition) is 3. The Labute approximate surface area is 134 Å². The molecule has 1 atom stereocenters. The van der Waals surface area contributed by atoms with E-state index in [9.17, 15) is 14.4 Å². The fraction of sp³-hybridized carbons (Fsp3) is 0.438. The van der Waals surface area contributed by atoms with Crippen molar-refractivity contribution in [3.8, 4) is 0 Å². The molecule has 1 aromatic carbocycles. The molecule has 2 fully saturated rings. The highest BCUT2D eigenvalue weighted by molar-refractivity contribution is 6.02. The SMILES string of the molecule is NCC1CN(c2ccc(NC3CCC(=O)NC3=O)c(C=O)c2)C1. The maximum Gasteiger partial charge on any atom is 0.249 e. The van der Waals surface area contributed by atoms with Gasteiger partial charge in [-0.15, -0.1) is 0 Å². The number of piperidine rings is 1. The molecule has 0 spiro atoms. The molecular weight excluding hydrogens is 296 g/mol. The van der Waals surface area contributed by atoms with E-state index in [2.05, 4.69) is 15.5 Å². The lowest BCUT2D eigenvalue weighted by atomic mass is 9.98. The number of nitrogens with one attached hydrogen (secondary N) is 2. The predicted molar refractivity (Wildman–Crippen MR) is 86.4 cm³/mol. The van der Waals surface area contributed by atoms with E-state index in [0.717, 1.165) is 25.1 Å². The van der Waals surface area contributed by atoms with E-state index in [-0.39, 0.29) is 11.8 Å². The number of carbonyl (C=O) groups is 3. The first-order valence-electron chi connectivity index (χ1n) is 7.75. The average molecular weight is 316 g/mol. The molecule has 0 aliphatic carbocycles. The lowest BCUT2D eigenvalue weighted by Gasteiger charge is -2.40. The number of nitrogens with zero attached hydrogens (tertiary/aromatic N) is 1. The molecule has 23 heavy (non-hydrogen) atoms. The van der Waals surface area contributed by atoms with Crippen molar-refractivity contribution >= 4 is 29.5 Å². The van der Waals surface area contributed by atoms with E-state index in [1.54, 1.807) is 6.07 Å². The molecule has 2 amide bonds. The molecule has 2 aliphatic rings. The van der Waals surface area contributed by atoms with Crippen molar-refractivity contribution in [3.63, 3.8) is 0 Å². The minimum absolute atomic E-state index is 0.258. The molecule has 2 heterocycles. The van der Waals surface area contributed by atoms with Crippen molar-refractivity contribution in [1.29, 1.82) is 0 Å². The fourth-order valence-corrected chi connectivity index (χ4v) is 2.92. The third-order valence-corrected chi connectivity index (χ3v) is 4.39. The van der Waals surface area contributed by atoms with E-state index in [0.29, 0.717) is 36.6 Å². The van der Waals surface area contributed by atoms with Crippen LogP contribution in [-0.4, -0.2) is 43.8 Å². The van der Waals surface area contributed by atoms with Crippen molar-refractivity contribution in [3.05, 3.63) is 23.8 Å². The Bertz CT molecular complexity index is 640. The van der Waals surface area contributed by atoms with Crippen LogP contribution < -0.4 is 21.3 Å². The molecule has 2 aliphatic heterocycles. The van der Waals surface area contributed by atoms with Crippen molar-refractivity contribution in [2.75, 3.05) is 29.9 Å².